The minimum Gasteiger partial charge on any atom is -0.384 e. The van der Waals surface area contributed by atoms with Crippen molar-refractivity contribution in [2.24, 2.45) is 5.73 Å². The lowest BCUT2D eigenvalue weighted by Gasteiger charge is -2.34. The molecule has 0 bridgehead atoms. The van der Waals surface area contributed by atoms with E-state index in [1.54, 1.807) is 0 Å². The van der Waals surface area contributed by atoms with E-state index in [0.717, 1.165) is 98.2 Å². The van der Waals surface area contributed by atoms with Gasteiger partial charge in [-0.3, -0.25) is 9.20 Å². The summed E-state index contributed by atoms with van der Waals surface area (Å²) in [6.45, 7) is 8.31. The van der Waals surface area contributed by atoms with Crippen LogP contribution in [0.25, 0.3) is 27.3 Å². The molecule has 8 heteroatoms. The molecule has 7 nitrogen and oxygen atoms in total. The second-order valence-electron chi connectivity index (χ2n) is 8.42. The van der Waals surface area contributed by atoms with Crippen molar-refractivity contribution in [1.29, 1.82) is 0 Å². The Labute approximate surface area is 193 Å². The zero-order valence-electron chi connectivity index (χ0n) is 18.3. The van der Waals surface area contributed by atoms with Gasteiger partial charge in [0.15, 0.2) is 5.43 Å². The van der Waals surface area contributed by atoms with E-state index in [1.807, 2.05) is 47.1 Å². The predicted molar refractivity (Wildman–Crippen MR) is 135 cm³/mol. The van der Waals surface area contributed by atoms with Gasteiger partial charge in [0.1, 0.15) is 6.33 Å². The summed E-state index contributed by atoms with van der Waals surface area (Å²) in [6, 6.07) is 11.8. The first-order chi connectivity index (χ1) is 15.3. The molecular formula is C24H31ClN6O. The lowest BCUT2D eigenvalue weighted by atomic mass is 10.1. The number of imidazole rings is 1. The topological polar surface area (TPSA) is 78.9 Å². The fourth-order valence-corrected chi connectivity index (χ4v) is 4.75. The van der Waals surface area contributed by atoms with Crippen molar-refractivity contribution in [3.05, 3.63) is 52.9 Å². The van der Waals surface area contributed by atoms with Crippen molar-refractivity contribution in [1.82, 2.24) is 19.2 Å². The van der Waals surface area contributed by atoms with Gasteiger partial charge in [-0.25, -0.2) is 4.98 Å². The van der Waals surface area contributed by atoms with Gasteiger partial charge in [-0.2, -0.15) is 0 Å². The molecule has 0 radical (unpaired) electrons. The number of anilines is 1. The summed E-state index contributed by atoms with van der Waals surface area (Å²) in [5.74, 6) is 0. The van der Waals surface area contributed by atoms with E-state index in [2.05, 4.69) is 20.1 Å². The molecule has 2 aromatic heterocycles. The number of fused-ring (bicyclic) bond motifs is 2. The Morgan fingerprint density at radius 3 is 2.44 bits per heavy atom. The van der Waals surface area contributed by atoms with Crippen LogP contribution in [0.1, 0.15) is 12.8 Å². The third-order valence-electron chi connectivity index (χ3n) is 6.46. The minimum absolute atomic E-state index is 0. The molecule has 1 saturated heterocycles. The van der Waals surface area contributed by atoms with E-state index in [-0.39, 0.29) is 17.8 Å². The molecule has 4 aromatic rings. The molecule has 3 N–H and O–H groups in total. The third kappa shape index (κ3) is 4.26. The van der Waals surface area contributed by atoms with Crippen LogP contribution < -0.4 is 16.5 Å². The zero-order chi connectivity index (χ0) is 21.2. The summed E-state index contributed by atoms with van der Waals surface area (Å²) in [4.78, 5) is 22.8. The Morgan fingerprint density at radius 2 is 1.69 bits per heavy atom. The number of nitrogens with one attached hydrogen (secondary N) is 1. The largest absolute Gasteiger partial charge is 0.384 e. The number of nitrogens with zero attached hydrogens (tertiary/aromatic N) is 4. The Bertz CT molecular complexity index is 1230. The normalized spacial score (nSPS) is 15.5. The fourth-order valence-electron chi connectivity index (χ4n) is 4.75. The number of para-hydroxylation sites is 1. The van der Waals surface area contributed by atoms with E-state index in [4.69, 9.17) is 5.73 Å². The molecule has 0 unspecified atom stereocenters. The molecular weight excluding hydrogens is 424 g/mol. The lowest BCUT2D eigenvalue weighted by Crippen LogP contribution is -2.47. The van der Waals surface area contributed by atoms with E-state index in [0.29, 0.717) is 0 Å². The van der Waals surface area contributed by atoms with Gasteiger partial charge in [-0.1, -0.05) is 12.1 Å². The van der Waals surface area contributed by atoms with Crippen LogP contribution >= 0.6 is 12.4 Å². The van der Waals surface area contributed by atoms with E-state index in [1.165, 1.54) is 0 Å². The SMILES string of the molecule is Cl.NCCCN1CCN(CCCNc2ccc3ncn4c5ccccc5c(=O)c2c34)CC1. The van der Waals surface area contributed by atoms with Crippen molar-refractivity contribution in [3.8, 4) is 0 Å². The number of aromatic nitrogens is 2. The Kier molecular flexibility index (Phi) is 7.10. The Balaban J connectivity index is 0.00000245. The number of hydrogen-bond donors (Lipinski definition) is 2. The van der Waals surface area contributed by atoms with Crippen LogP contribution in [0.3, 0.4) is 0 Å². The van der Waals surface area contributed by atoms with Crippen LogP contribution in [-0.4, -0.2) is 71.5 Å². The number of benzene rings is 2. The first-order valence-corrected chi connectivity index (χ1v) is 11.3. The molecule has 3 heterocycles. The van der Waals surface area contributed by atoms with E-state index >= 15 is 0 Å². The highest BCUT2D eigenvalue weighted by molar-refractivity contribution is 6.06. The van der Waals surface area contributed by atoms with Crippen LogP contribution in [0.4, 0.5) is 5.69 Å². The minimum atomic E-state index is 0. The number of halogens is 1. The standard InChI is InChI=1S/C24H30N6O.ClH/c25-9-3-11-28-13-15-29(16-14-28)12-4-10-26-19-7-8-20-23-22(19)24(31)18-5-1-2-6-21(18)30(23)17-27-20;/h1-2,5-8,17,26H,3-4,9-16,25H2;1H. The molecule has 2 aromatic carbocycles. The zero-order valence-corrected chi connectivity index (χ0v) is 19.1. The number of rotatable bonds is 8. The van der Waals surface area contributed by atoms with Crippen molar-refractivity contribution in [3.63, 3.8) is 0 Å². The molecule has 170 valence electrons. The van der Waals surface area contributed by atoms with Gasteiger partial charge in [-0.15, -0.1) is 12.4 Å². The summed E-state index contributed by atoms with van der Waals surface area (Å²) in [5.41, 5.74) is 9.27. The number of nitrogens with two attached hydrogens (primary N) is 1. The predicted octanol–water partition coefficient (Wildman–Crippen LogP) is 2.63. The molecule has 0 saturated carbocycles. The van der Waals surface area contributed by atoms with E-state index < -0.39 is 0 Å². The van der Waals surface area contributed by atoms with Gasteiger partial charge in [0.25, 0.3) is 0 Å². The van der Waals surface area contributed by atoms with Crippen LogP contribution in [-0.2, 0) is 0 Å². The molecule has 0 aliphatic carbocycles. The monoisotopic (exact) mass is 454 g/mol. The van der Waals surface area contributed by atoms with Gasteiger partial charge in [0, 0.05) is 43.8 Å². The molecule has 0 atom stereocenters. The van der Waals surface area contributed by atoms with Gasteiger partial charge in [0.05, 0.1) is 21.9 Å². The summed E-state index contributed by atoms with van der Waals surface area (Å²) < 4.78 is 2.04. The lowest BCUT2D eigenvalue weighted by molar-refractivity contribution is 0.132. The second kappa shape index (κ2) is 10.0. The average Bonchev–Trinajstić information content (AvgIpc) is 3.24. The number of hydrogen-bond acceptors (Lipinski definition) is 6. The molecule has 5 rings (SSSR count). The summed E-state index contributed by atoms with van der Waals surface area (Å²) in [6.07, 6.45) is 3.94. The highest BCUT2D eigenvalue weighted by atomic mass is 35.5. The highest BCUT2D eigenvalue weighted by Gasteiger charge is 2.17. The van der Waals surface area contributed by atoms with Crippen LogP contribution in [0.5, 0.6) is 0 Å². The van der Waals surface area contributed by atoms with Crippen molar-refractivity contribution in [2.75, 3.05) is 57.7 Å². The highest BCUT2D eigenvalue weighted by Crippen LogP contribution is 2.28. The molecule has 32 heavy (non-hydrogen) atoms. The van der Waals surface area contributed by atoms with Crippen LogP contribution in [0.15, 0.2) is 47.5 Å². The summed E-state index contributed by atoms with van der Waals surface area (Å²) in [5, 5.41) is 5.00. The molecule has 1 aliphatic rings. The average molecular weight is 455 g/mol. The molecule has 0 spiro atoms. The maximum Gasteiger partial charge on any atom is 0.199 e. The van der Waals surface area contributed by atoms with Gasteiger partial charge >= 0.3 is 0 Å². The molecule has 0 amide bonds. The van der Waals surface area contributed by atoms with Crippen molar-refractivity contribution < 1.29 is 0 Å². The van der Waals surface area contributed by atoms with Gasteiger partial charge < -0.3 is 20.9 Å². The first-order valence-electron chi connectivity index (χ1n) is 11.3. The molecule has 1 aliphatic heterocycles. The van der Waals surface area contributed by atoms with Gasteiger partial charge in [-0.05, 0) is 56.7 Å². The van der Waals surface area contributed by atoms with E-state index in [9.17, 15) is 4.79 Å². The third-order valence-corrected chi connectivity index (χ3v) is 6.46. The Morgan fingerprint density at radius 1 is 0.969 bits per heavy atom. The molecule has 1 fully saturated rings. The number of pyridine rings is 1. The Hall–Kier alpha value is -2.45. The fraction of sp³-hybridized carbons (Fsp3) is 0.417. The van der Waals surface area contributed by atoms with Gasteiger partial charge in [0.2, 0.25) is 0 Å². The van der Waals surface area contributed by atoms with Crippen LogP contribution in [0, 0.1) is 0 Å². The van der Waals surface area contributed by atoms with Crippen LogP contribution in [0.2, 0.25) is 0 Å². The smallest absolute Gasteiger partial charge is 0.199 e. The number of piperazine rings is 1. The first kappa shape index (κ1) is 22.7. The van der Waals surface area contributed by atoms with Crippen molar-refractivity contribution in [2.45, 2.75) is 12.8 Å². The summed E-state index contributed by atoms with van der Waals surface area (Å²) >= 11 is 0. The van der Waals surface area contributed by atoms with Crippen molar-refractivity contribution >= 4 is 45.4 Å². The summed E-state index contributed by atoms with van der Waals surface area (Å²) in [7, 11) is 0. The maximum absolute atomic E-state index is 13.3. The second-order valence-corrected chi connectivity index (χ2v) is 8.42. The maximum atomic E-state index is 13.3. The quantitative estimate of drug-likeness (QED) is 0.315.